The average Bonchev–Trinajstić information content (AvgIpc) is 2.72. The molecule has 0 fully saturated rings. The summed E-state index contributed by atoms with van der Waals surface area (Å²) in [4.78, 5) is 0. The van der Waals surface area contributed by atoms with Crippen LogP contribution in [0.1, 0.15) is 24.0 Å². The van der Waals surface area contributed by atoms with Gasteiger partial charge in [-0.2, -0.15) is 0 Å². The van der Waals surface area contributed by atoms with Crippen LogP contribution in [0.25, 0.3) is 21.8 Å². The lowest BCUT2D eigenvalue weighted by molar-refractivity contribution is 0.668. The fourth-order valence-corrected chi connectivity index (χ4v) is 3.18. The Morgan fingerprint density at radius 3 is 1.90 bits per heavy atom. The van der Waals surface area contributed by atoms with Gasteiger partial charge in [0.05, 0.1) is 0 Å². The molecule has 0 aliphatic rings. The molecule has 0 spiro atoms. The summed E-state index contributed by atoms with van der Waals surface area (Å²) in [5, 5.41) is 2.77. The molecular formula is C18H20NP. The van der Waals surface area contributed by atoms with Crippen molar-refractivity contribution in [1.29, 1.82) is 0 Å². The van der Waals surface area contributed by atoms with Crippen molar-refractivity contribution < 1.29 is 0 Å². The largest absolute Gasteiger partial charge is 0.340 e. The molecule has 0 bridgehead atoms. The van der Waals surface area contributed by atoms with Crippen molar-refractivity contribution in [2.75, 3.05) is 6.16 Å². The summed E-state index contributed by atoms with van der Waals surface area (Å²) in [6, 6.07) is 13.6. The van der Waals surface area contributed by atoms with E-state index >= 15 is 0 Å². The van der Waals surface area contributed by atoms with Crippen molar-refractivity contribution in [1.82, 2.24) is 4.57 Å². The molecule has 0 amide bonds. The first-order valence-electron chi connectivity index (χ1n) is 7.31. The number of aromatic nitrogens is 1. The van der Waals surface area contributed by atoms with Crippen LogP contribution in [0.5, 0.6) is 0 Å². The van der Waals surface area contributed by atoms with Gasteiger partial charge < -0.3 is 4.57 Å². The Morgan fingerprint density at radius 1 is 0.850 bits per heavy atom. The highest BCUT2D eigenvalue weighted by Gasteiger charge is 2.10. The molecule has 2 heteroatoms. The first-order chi connectivity index (χ1) is 9.70. The highest BCUT2D eigenvalue weighted by atomic mass is 31.0. The minimum absolute atomic E-state index is 0.968. The predicted molar refractivity (Wildman–Crippen MR) is 89.9 cm³/mol. The van der Waals surface area contributed by atoms with Crippen LogP contribution in [0.2, 0.25) is 0 Å². The van der Waals surface area contributed by atoms with Crippen LogP contribution in [0.4, 0.5) is 0 Å². The van der Waals surface area contributed by atoms with Crippen LogP contribution >= 0.6 is 9.24 Å². The van der Waals surface area contributed by atoms with Gasteiger partial charge in [0.1, 0.15) is 0 Å². The number of hydrogen-bond acceptors (Lipinski definition) is 0. The SMILES string of the molecule is Cc1ccc2c(c1)c1cc(C)ccc1n2CCCC[P]. The molecule has 0 unspecified atom stereocenters. The summed E-state index contributed by atoms with van der Waals surface area (Å²) in [6.45, 7) is 5.41. The minimum Gasteiger partial charge on any atom is -0.340 e. The van der Waals surface area contributed by atoms with E-state index in [-0.39, 0.29) is 0 Å². The molecule has 1 heterocycles. The standard InChI is InChI=1S/C18H20NP/c1-13-5-7-17-15(11-13)16-12-14(2)6-8-18(16)19(17)9-3-4-10-20/h5-8,11-12H,3-4,9-10H2,1-2H3. The van der Waals surface area contributed by atoms with Gasteiger partial charge in [0.2, 0.25) is 0 Å². The van der Waals surface area contributed by atoms with Gasteiger partial charge in [0, 0.05) is 28.4 Å². The predicted octanol–water partition coefficient (Wildman–Crippen LogP) is 5.60. The lowest BCUT2D eigenvalue weighted by atomic mass is 10.1. The second-order valence-corrected chi connectivity index (χ2v) is 6.07. The van der Waals surface area contributed by atoms with Crippen LogP contribution in [0, 0.1) is 13.8 Å². The third kappa shape index (κ3) is 2.36. The van der Waals surface area contributed by atoms with Gasteiger partial charge in [-0.1, -0.05) is 23.3 Å². The molecule has 0 aliphatic heterocycles. The fraction of sp³-hybridized carbons (Fsp3) is 0.333. The zero-order valence-corrected chi connectivity index (χ0v) is 13.1. The molecular weight excluding hydrogens is 261 g/mol. The third-order valence-corrected chi connectivity index (χ3v) is 4.28. The number of rotatable bonds is 4. The highest BCUT2D eigenvalue weighted by Crippen LogP contribution is 2.30. The number of aryl methyl sites for hydroxylation is 3. The zero-order valence-electron chi connectivity index (χ0n) is 12.2. The van der Waals surface area contributed by atoms with Gasteiger partial charge in [-0.15, -0.1) is 0 Å². The summed E-state index contributed by atoms with van der Waals surface area (Å²) >= 11 is 0. The second kappa shape index (κ2) is 5.58. The van der Waals surface area contributed by atoms with Crippen LogP contribution < -0.4 is 0 Å². The fourth-order valence-electron chi connectivity index (χ4n) is 2.95. The molecule has 20 heavy (non-hydrogen) atoms. The lowest BCUT2D eigenvalue weighted by Crippen LogP contribution is -1.97. The van der Waals surface area contributed by atoms with Gasteiger partial charge in [-0.05, 0) is 66.4 Å². The normalized spacial score (nSPS) is 11.6. The topological polar surface area (TPSA) is 4.93 Å². The van der Waals surface area contributed by atoms with Crippen LogP contribution in [0.15, 0.2) is 36.4 Å². The molecule has 3 rings (SSSR count). The zero-order chi connectivity index (χ0) is 14.1. The number of hydrogen-bond donors (Lipinski definition) is 0. The first-order valence-corrected chi connectivity index (χ1v) is 7.94. The van der Waals surface area contributed by atoms with Gasteiger partial charge in [0.15, 0.2) is 0 Å². The average molecular weight is 281 g/mol. The lowest BCUT2D eigenvalue weighted by Gasteiger charge is -2.07. The smallest absolute Gasteiger partial charge is 0.0491 e. The Labute approximate surface area is 123 Å². The highest BCUT2D eigenvalue weighted by molar-refractivity contribution is 7.16. The first kappa shape index (κ1) is 13.6. The molecule has 1 nitrogen and oxygen atoms in total. The van der Waals surface area contributed by atoms with Crippen molar-refractivity contribution in [3.05, 3.63) is 47.5 Å². The van der Waals surface area contributed by atoms with E-state index in [0.717, 1.165) is 12.7 Å². The van der Waals surface area contributed by atoms with Crippen molar-refractivity contribution in [3.63, 3.8) is 0 Å². The Bertz CT molecular complexity index is 696. The maximum Gasteiger partial charge on any atom is 0.0491 e. The van der Waals surface area contributed by atoms with E-state index in [0.29, 0.717) is 0 Å². The maximum absolute atomic E-state index is 4.32. The maximum atomic E-state index is 4.32. The monoisotopic (exact) mass is 281 g/mol. The van der Waals surface area contributed by atoms with Crippen molar-refractivity contribution in [2.45, 2.75) is 33.2 Å². The van der Waals surface area contributed by atoms with Crippen molar-refractivity contribution >= 4 is 31.0 Å². The molecule has 0 atom stereocenters. The number of unbranched alkanes of at least 4 members (excludes halogenated alkanes) is 1. The van der Waals surface area contributed by atoms with Crippen molar-refractivity contribution in [2.24, 2.45) is 0 Å². The third-order valence-electron chi connectivity index (χ3n) is 3.97. The Morgan fingerprint density at radius 2 is 1.40 bits per heavy atom. The van der Waals surface area contributed by atoms with Crippen molar-refractivity contribution in [3.8, 4) is 0 Å². The molecule has 3 aromatic rings. The quantitative estimate of drug-likeness (QED) is 0.433. The summed E-state index contributed by atoms with van der Waals surface area (Å²) in [7, 11) is 4.32. The van der Waals surface area contributed by atoms with Gasteiger partial charge >= 0.3 is 0 Å². The van der Waals surface area contributed by atoms with Gasteiger partial charge in [-0.25, -0.2) is 0 Å². The van der Waals surface area contributed by atoms with Gasteiger partial charge in [0.25, 0.3) is 0 Å². The number of nitrogens with zero attached hydrogens (tertiary/aromatic N) is 1. The van der Waals surface area contributed by atoms with E-state index in [1.165, 1.54) is 45.8 Å². The molecule has 1 aromatic heterocycles. The van der Waals surface area contributed by atoms with Gasteiger partial charge in [-0.3, -0.25) is 0 Å². The van der Waals surface area contributed by atoms with Crippen LogP contribution in [-0.2, 0) is 6.54 Å². The second-order valence-electron chi connectivity index (χ2n) is 5.62. The van der Waals surface area contributed by atoms with E-state index in [1.807, 2.05) is 0 Å². The van der Waals surface area contributed by atoms with E-state index in [4.69, 9.17) is 0 Å². The summed E-state index contributed by atoms with van der Waals surface area (Å²) in [5.74, 6) is 0. The molecule has 0 N–H and O–H groups in total. The summed E-state index contributed by atoms with van der Waals surface area (Å²) < 4.78 is 2.47. The number of fused-ring (bicyclic) bond motifs is 3. The van der Waals surface area contributed by atoms with E-state index in [2.05, 4.69) is 64.1 Å². The van der Waals surface area contributed by atoms with E-state index in [9.17, 15) is 0 Å². The van der Waals surface area contributed by atoms with Crippen LogP contribution in [-0.4, -0.2) is 10.7 Å². The van der Waals surface area contributed by atoms with E-state index in [1.54, 1.807) is 0 Å². The number of benzene rings is 2. The molecule has 0 saturated carbocycles. The molecule has 2 radical (unpaired) electrons. The molecule has 0 aliphatic carbocycles. The summed E-state index contributed by atoms with van der Waals surface area (Å²) in [5.41, 5.74) is 5.37. The minimum atomic E-state index is 0.968. The van der Waals surface area contributed by atoms with E-state index < -0.39 is 0 Å². The Kier molecular flexibility index (Phi) is 3.81. The molecule has 2 aromatic carbocycles. The van der Waals surface area contributed by atoms with Crippen LogP contribution in [0.3, 0.4) is 0 Å². The molecule has 0 saturated heterocycles. The Balaban J connectivity index is 2.23. The molecule has 102 valence electrons. The summed E-state index contributed by atoms with van der Waals surface area (Å²) in [6.07, 6.45) is 3.32. The Hall–Kier alpha value is -1.33.